The number of nitrogen functional groups attached to an aromatic ring is 1. The summed E-state index contributed by atoms with van der Waals surface area (Å²) in [6, 6.07) is 0. The van der Waals surface area contributed by atoms with Crippen LogP contribution in [-0.4, -0.2) is 39.6 Å². The molecule has 0 saturated carbocycles. The molecule has 3 rings (SSSR count). The summed E-state index contributed by atoms with van der Waals surface area (Å²) in [7, 11) is -4.45. The van der Waals surface area contributed by atoms with Gasteiger partial charge in [0, 0.05) is 11.8 Å². The summed E-state index contributed by atoms with van der Waals surface area (Å²) in [5, 5.41) is 10.2. The van der Waals surface area contributed by atoms with E-state index in [1.165, 1.54) is 6.20 Å². The standard InChI is InChI=1S/C10H14N3O7P.H3N/c1-4-2-13(10(15)12-8(4)11)9-6(14)7-5(19-9)3-18-21(16,17)20-7;/h2,5-7,9,14H,3H2,1H3,(H,16,17)(H2,11,12,15);1H3. The van der Waals surface area contributed by atoms with Crippen LogP contribution >= 0.6 is 7.82 Å². The van der Waals surface area contributed by atoms with Crippen molar-refractivity contribution in [2.24, 2.45) is 0 Å². The Morgan fingerprint density at radius 3 is 2.95 bits per heavy atom. The van der Waals surface area contributed by atoms with Crippen LogP contribution in [0.15, 0.2) is 11.0 Å². The molecule has 1 aromatic rings. The third kappa shape index (κ3) is 2.79. The van der Waals surface area contributed by atoms with Crippen molar-refractivity contribution in [2.45, 2.75) is 31.5 Å². The van der Waals surface area contributed by atoms with E-state index in [4.69, 9.17) is 15.0 Å². The second kappa shape index (κ2) is 5.70. The molecule has 0 aromatic carbocycles. The predicted octanol–water partition coefficient (Wildman–Crippen LogP) is -1.35. The molecule has 2 aliphatic heterocycles. The van der Waals surface area contributed by atoms with Crippen molar-refractivity contribution >= 4 is 13.6 Å². The minimum atomic E-state index is -4.45. The SMILES string of the molecule is Cc1cn(C2OC3COP(=O)([O-])OC3C2O)c(=O)nc1N.[NH4+]. The molecule has 1 aromatic heterocycles. The maximum absolute atomic E-state index is 11.8. The van der Waals surface area contributed by atoms with Gasteiger partial charge in [0.2, 0.25) is 0 Å². The van der Waals surface area contributed by atoms with Gasteiger partial charge in [-0.15, -0.1) is 0 Å². The molecule has 0 amide bonds. The fourth-order valence-electron chi connectivity index (χ4n) is 2.32. The first-order valence-electron chi connectivity index (χ1n) is 6.11. The molecular formula is C10H17N4O7P. The van der Waals surface area contributed by atoms with Gasteiger partial charge in [-0.1, -0.05) is 0 Å². The van der Waals surface area contributed by atoms with Crippen LogP contribution in [0.1, 0.15) is 11.8 Å². The molecule has 0 bridgehead atoms. The Labute approximate surface area is 124 Å². The molecule has 5 unspecified atom stereocenters. The summed E-state index contributed by atoms with van der Waals surface area (Å²) in [4.78, 5) is 26.7. The van der Waals surface area contributed by atoms with E-state index in [0.717, 1.165) is 4.57 Å². The lowest BCUT2D eigenvalue weighted by atomic mass is 10.1. The van der Waals surface area contributed by atoms with Crippen LogP contribution in [0.4, 0.5) is 5.82 Å². The Bertz CT molecular complexity index is 680. The van der Waals surface area contributed by atoms with Gasteiger partial charge in [0.05, 0.1) is 6.61 Å². The smallest absolute Gasteiger partial charge is 0.351 e. The zero-order valence-corrected chi connectivity index (χ0v) is 12.8. The number of quaternary nitrogens is 1. The molecule has 2 saturated heterocycles. The lowest BCUT2D eigenvalue weighted by Crippen LogP contribution is -2.41. The third-order valence-electron chi connectivity index (χ3n) is 3.41. The van der Waals surface area contributed by atoms with Gasteiger partial charge in [0.1, 0.15) is 24.1 Å². The number of aliphatic hydroxyl groups is 1. The van der Waals surface area contributed by atoms with Gasteiger partial charge < -0.3 is 35.7 Å². The second-order valence-corrected chi connectivity index (χ2v) is 6.23. The highest BCUT2D eigenvalue weighted by molar-refractivity contribution is 7.45. The number of rotatable bonds is 1. The Morgan fingerprint density at radius 2 is 2.27 bits per heavy atom. The molecule has 0 radical (unpaired) electrons. The van der Waals surface area contributed by atoms with Crippen molar-refractivity contribution in [3.8, 4) is 0 Å². The summed E-state index contributed by atoms with van der Waals surface area (Å²) in [5.74, 6) is 0.0739. The van der Waals surface area contributed by atoms with Crippen LogP contribution in [0.2, 0.25) is 0 Å². The number of anilines is 1. The number of fused-ring (bicyclic) bond motifs is 1. The number of nitrogens with two attached hydrogens (primary N) is 1. The van der Waals surface area contributed by atoms with Gasteiger partial charge in [-0.05, 0) is 6.92 Å². The normalized spacial score (nSPS) is 37.4. The molecule has 0 aliphatic carbocycles. The van der Waals surface area contributed by atoms with Gasteiger partial charge in [0.15, 0.2) is 6.23 Å². The van der Waals surface area contributed by atoms with Gasteiger partial charge in [-0.25, -0.2) is 4.79 Å². The predicted molar refractivity (Wildman–Crippen MR) is 72.0 cm³/mol. The third-order valence-corrected chi connectivity index (χ3v) is 4.37. The molecule has 2 aliphatic rings. The molecule has 22 heavy (non-hydrogen) atoms. The highest BCUT2D eigenvalue weighted by atomic mass is 31.2. The summed E-state index contributed by atoms with van der Waals surface area (Å²) in [6.45, 7) is 1.35. The zero-order valence-electron chi connectivity index (χ0n) is 11.9. The van der Waals surface area contributed by atoms with Crippen molar-refractivity contribution in [1.29, 1.82) is 0 Å². The molecule has 12 heteroatoms. The number of ether oxygens (including phenoxy) is 1. The first kappa shape index (κ1) is 17.0. The van der Waals surface area contributed by atoms with E-state index in [1.807, 2.05) is 0 Å². The fourth-order valence-corrected chi connectivity index (χ4v) is 3.27. The van der Waals surface area contributed by atoms with Gasteiger partial charge in [0.25, 0.3) is 7.82 Å². The molecular weight excluding hydrogens is 319 g/mol. The molecule has 124 valence electrons. The fraction of sp³-hybridized carbons (Fsp3) is 0.600. The molecule has 0 spiro atoms. The quantitative estimate of drug-likeness (QED) is 0.521. The van der Waals surface area contributed by atoms with Gasteiger partial charge >= 0.3 is 5.69 Å². The van der Waals surface area contributed by atoms with E-state index in [9.17, 15) is 19.4 Å². The summed E-state index contributed by atoms with van der Waals surface area (Å²) in [6.07, 6.45) is -3.03. The second-order valence-electron chi connectivity index (χ2n) is 4.87. The monoisotopic (exact) mass is 336 g/mol. The van der Waals surface area contributed by atoms with Crippen LogP contribution in [-0.2, 0) is 18.3 Å². The van der Waals surface area contributed by atoms with E-state index >= 15 is 0 Å². The van der Waals surface area contributed by atoms with Crippen LogP contribution < -0.4 is 22.5 Å². The van der Waals surface area contributed by atoms with Crippen LogP contribution in [0, 0.1) is 6.92 Å². The average molecular weight is 336 g/mol. The van der Waals surface area contributed by atoms with E-state index in [2.05, 4.69) is 9.51 Å². The number of phosphoric acid groups is 1. The number of hydrogen-bond acceptors (Lipinski definition) is 9. The van der Waals surface area contributed by atoms with Crippen molar-refractivity contribution < 1.29 is 28.3 Å². The summed E-state index contributed by atoms with van der Waals surface area (Å²) >= 11 is 0. The first-order valence-corrected chi connectivity index (χ1v) is 7.57. The number of phosphoric ester groups is 1. The van der Waals surface area contributed by atoms with Crippen molar-refractivity contribution in [3.63, 3.8) is 0 Å². The Hall–Kier alpha value is -1.33. The van der Waals surface area contributed by atoms with Gasteiger partial charge in [-0.2, -0.15) is 4.98 Å². The Kier molecular flexibility index (Phi) is 4.42. The zero-order chi connectivity index (χ0) is 15.4. The Balaban J connectivity index is 0.00000176. The number of hydrogen-bond donors (Lipinski definition) is 3. The molecule has 7 N–H and O–H groups in total. The van der Waals surface area contributed by atoms with E-state index in [1.54, 1.807) is 6.92 Å². The van der Waals surface area contributed by atoms with Gasteiger partial charge in [-0.3, -0.25) is 9.13 Å². The highest BCUT2D eigenvalue weighted by Gasteiger charge is 2.50. The maximum Gasteiger partial charge on any atom is 0.351 e. The summed E-state index contributed by atoms with van der Waals surface area (Å²) < 4.78 is 27.0. The van der Waals surface area contributed by atoms with Crippen LogP contribution in [0.5, 0.6) is 0 Å². The molecule has 11 nitrogen and oxygen atoms in total. The lowest BCUT2D eigenvalue weighted by Gasteiger charge is -2.34. The maximum atomic E-state index is 11.8. The van der Waals surface area contributed by atoms with Crippen LogP contribution in [0.3, 0.4) is 0 Å². The minimum Gasteiger partial charge on any atom is -0.756 e. The first-order chi connectivity index (χ1) is 9.78. The van der Waals surface area contributed by atoms with E-state index in [-0.39, 0.29) is 18.6 Å². The largest absolute Gasteiger partial charge is 0.756 e. The number of aliphatic hydroxyl groups excluding tert-OH is 1. The molecule has 3 heterocycles. The van der Waals surface area contributed by atoms with Crippen LogP contribution in [0.25, 0.3) is 0 Å². The number of nitrogens with zero attached hydrogens (tertiary/aromatic N) is 2. The number of aryl methyl sites for hydroxylation is 1. The Morgan fingerprint density at radius 1 is 1.59 bits per heavy atom. The topological polar surface area (TPSA) is 185 Å². The van der Waals surface area contributed by atoms with Crippen molar-refractivity contribution in [2.75, 3.05) is 12.3 Å². The molecule has 5 atom stereocenters. The van der Waals surface area contributed by atoms with Crippen molar-refractivity contribution in [1.82, 2.24) is 15.7 Å². The van der Waals surface area contributed by atoms with E-state index < -0.39 is 38.1 Å². The average Bonchev–Trinajstić information content (AvgIpc) is 2.70. The number of aromatic nitrogens is 2. The highest BCUT2D eigenvalue weighted by Crippen LogP contribution is 2.49. The lowest BCUT2D eigenvalue weighted by molar-refractivity contribution is -0.245. The van der Waals surface area contributed by atoms with E-state index in [0.29, 0.717) is 5.56 Å². The minimum absolute atomic E-state index is 0. The summed E-state index contributed by atoms with van der Waals surface area (Å²) in [5.41, 5.74) is 5.33. The molecule has 2 fully saturated rings. The van der Waals surface area contributed by atoms with Crippen molar-refractivity contribution in [3.05, 3.63) is 22.2 Å².